The van der Waals surface area contributed by atoms with E-state index in [1.165, 1.54) is 5.56 Å². The lowest BCUT2D eigenvalue weighted by Crippen LogP contribution is -2.46. The first-order valence-electron chi connectivity index (χ1n) is 7.02. The first kappa shape index (κ1) is 14.1. The molecule has 0 atom stereocenters. The minimum atomic E-state index is 0.226. The van der Waals surface area contributed by atoms with Crippen LogP contribution in [-0.4, -0.2) is 41.0 Å². The third kappa shape index (κ3) is 3.62. The van der Waals surface area contributed by atoms with Gasteiger partial charge in [0.15, 0.2) is 0 Å². The largest absolute Gasteiger partial charge is 0.368 e. The summed E-state index contributed by atoms with van der Waals surface area (Å²) in [7, 11) is 0. The average Bonchev–Trinajstić information content (AvgIpc) is 2.48. The maximum Gasteiger partial charge on any atom is 0.223 e. The molecule has 0 aliphatic carbocycles. The van der Waals surface area contributed by atoms with Crippen LogP contribution < -0.4 is 10.6 Å². The summed E-state index contributed by atoms with van der Waals surface area (Å²) < 4.78 is 0. The van der Waals surface area contributed by atoms with E-state index in [0.29, 0.717) is 5.15 Å². The Morgan fingerprint density at radius 2 is 1.76 bits per heavy atom. The molecule has 1 fully saturated rings. The van der Waals surface area contributed by atoms with Gasteiger partial charge in [-0.2, -0.15) is 4.98 Å². The van der Waals surface area contributed by atoms with Crippen LogP contribution in [0.25, 0.3) is 0 Å². The van der Waals surface area contributed by atoms with E-state index < -0.39 is 0 Å². The molecule has 1 aromatic heterocycles. The van der Waals surface area contributed by atoms with Crippen molar-refractivity contribution in [2.75, 3.05) is 36.8 Å². The Morgan fingerprint density at radius 3 is 2.43 bits per heavy atom. The van der Waals surface area contributed by atoms with Crippen molar-refractivity contribution in [1.82, 2.24) is 14.9 Å². The van der Waals surface area contributed by atoms with Crippen LogP contribution in [-0.2, 0) is 6.54 Å². The van der Waals surface area contributed by atoms with Crippen LogP contribution in [0.1, 0.15) is 5.56 Å². The number of nitrogens with two attached hydrogens (primary N) is 1. The zero-order valence-corrected chi connectivity index (χ0v) is 12.5. The Hall–Kier alpha value is -1.85. The molecule has 3 rings (SSSR count). The maximum absolute atomic E-state index is 5.94. The number of aromatic nitrogens is 2. The molecule has 2 heterocycles. The monoisotopic (exact) mass is 303 g/mol. The molecular weight excluding hydrogens is 286 g/mol. The molecule has 0 radical (unpaired) electrons. The summed E-state index contributed by atoms with van der Waals surface area (Å²) in [5.74, 6) is 1.04. The van der Waals surface area contributed by atoms with Crippen LogP contribution in [0.2, 0.25) is 5.15 Å². The van der Waals surface area contributed by atoms with E-state index in [9.17, 15) is 0 Å². The quantitative estimate of drug-likeness (QED) is 0.879. The normalized spacial score (nSPS) is 16.1. The van der Waals surface area contributed by atoms with Crippen molar-refractivity contribution >= 4 is 23.4 Å². The van der Waals surface area contributed by atoms with E-state index in [-0.39, 0.29) is 5.95 Å². The first-order valence-corrected chi connectivity index (χ1v) is 7.40. The number of hydrogen-bond donors (Lipinski definition) is 1. The molecule has 5 nitrogen and oxygen atoms in total. The number of nitrogens with zero attached hydrogens (tertiary/aromatic N) is 4. The molecule has 110 valence electrons. The summed E-state index contributed by atoms with van der Waals surface area (Å²) in [6, 6.07) is 12.3. The highest BCUT2D eigenvalue weighted by atomic mass is 35.5. The zero-order chi connectivity index (χ0) is 14.7. The lowest BCUT2D eigenvalue weighted by molar-refractivity contribution is 0.249. The molecule has 0 bridgehead atoms. The lowest BCUT2D eigenvalue weighted by Gasteiger charge is -2.35. The van der Waals surface area contributed by atoms with E-state index in [0.717, 1.165) is 38.5 Å². The topological polar surface area (TPSA) is 58.3 Å². The van der Waals surface area contributed by atoms with Gasteiger partial charge < -0.3 is 10.6 Å². The molecule has 2 N–H and O–H groups in total. The summed E-state index contributed by atoms with van der Waals surface area (Å²) in [4.78, 5) is 12.8. The van der Waals surface area contributed by atoms with Crippen LogP contribution in [0, 0.1) is 0 Å². The summed E-state index contributed by atoms with van der Waals surface area (Å²) in [5, 5.41) is 0.393. The molecule has 6 heteroatoms. The second-order valence-corrected chi connectivity index (χ2v) is 5.54. The fourth-order valence-electron chi connectivity index (χ4n) is 2.56. The van der Waals surface area contributed by atoms with Gasteiger partial charge in [-0.1, -0.05) is 41.9 Å². The van der Waals surface area contributed by atoms with Gasteiger partial charge in [0.2, 0.25) is 5.95 Å². The molecule has 0 saturated carbocycles. The van der Waals surface area contributed by atoms with E-state index >= 15 is 0 Å². The number of benzene rings is 1. The van der Waals surface area contributed by atoms with Gasteiger partial charge in [0, 0.05) is 38.8 Å². The number of halogens is 1. The smallest absolute Gasteiger partial charge is 0.223 e. The minimum Gasteiger partial charge on any atom is -0.368 e. The number of piperazine rings is 1. The van der Waals surface area contributed by atoms with E-state index in [1.807, 2.05) is 6.07 Å². The fourth-order valence-corrected chi connectivity index (χ4v) is 2.75. The fraction of sp³-hybridized carbons (Fsp3) is 0.333. The average molecular weight is 304 g/mol. The first-order chi connectivity index (χ1) is 10.2. The Labute approximate surface area is 129 Å². The number of nitrogen functional groups attached to an aromatic ring is 1. The van der Waals surface area contributed by atoms with Crippen molar-refractivity contribution < 1.29 is 0 Å². The highest BCUT2D eigenvalue weighted by Crippen LogP contribution is 2.19. The van der Waals surface area contributed by atoms with Crippen molar-refractivity contribution in [1.29, 1.82) is 0 Å². The molecule has 2 aromatic rings. The molecule has 1 aliphatic rings. The molecular formula is C15H18ClN5. The van der Waals surface area contributed by atoms with Crippen LogP contribution >= 0.6 is 11.6 Å². The Balaban J connectivity index is 1.60. The molecule has 0 spiro atoms. The SMILES string of the molecule is Nc1nc(Cl)cc(N2CCN(Cc3ccccc3)CC2)n1. The van der Waals surface area contributed by atoms with Crippen LogP contribution in [0.4, 0.5) is 11.8 Å². The Morgan fingerprint density at radius 1 is 1.05 bits per heavy atom. The molecule has 1 saturated heterocycles. The highest BCUT2D eigenvalue weighted by molar-refractivity contribution is 6.29. The van der Waals surface area contributed by atoms with Gasteiger partial charge in [-0.05, 0) is 5.56 Å². The van der Waals surface area contributed by atoms with Crippen molar-refractivity contribution in [2.24, 2.45) is 0 Å². The van der Waals surface area contributed by atoms with Crippen molar-refractivity contribution in [2.45, 2.75) is 6.54 Å². The third-order valence-corrected chi connectivity index (χ3v) is 3.84. The number of hydrogen-bond acceptors (Lipinski definition) is 5. The predicted molar refractivity (Wildman–Crippen MR) is 85.4 cm³/mol. The summed E-state index contributed by atoms with van der Waals surface area (Å²) in [6.45, 7) is 4.81. The van der Waals surface area contributed by atoms with Gasteiger partial charge in [-0.15, -0.1) is 0 Å². The van der Waals surface area contributed by atoms with Crippen LogP contribution in [0.3, 0.4) is 0 Å². The van der Waals surface area contributed by atoms with Crippen LogP contribution in [0.15, 0.2) is 36.4 Å². The van der Waals surface area contributed by atoms with Crippen molar-refractivity contribution in [3.63, 3.8) is 0 Å². The molecule has 1 aliphatic heterocycles. The van der Waals surface area contributed by atoms with Crippen LogP contribution in [0.5, 0.6) is 0 Å². The molecule has 21 heavy (non-hydrogen) atoms. The summed E-state index contributed by atoms with van der Waals surface area (Å²) >= 11 is 5.94. The summed E-state index contributed by atoms with van der Waals surface area (Å²) in [5.41, 5.74) is 7.00. The second kappa shape index (κ2) is 6.28. The van der Waals surface area contributed by atoms with E-state index in [4.69, 9.17) is 17.3 Å². The molecule has 0 unspecified atom stereocenters. The highest BCUT2D eigenvalue weighted by Gasteiger charge is 2.18. The Bertz CT molecular complexity index is 576. The van der Waals surface area contributed by atoms with Crippen molar-refractivity contribution in [3.05, 3.63) is 47.1 Å². The van der Waals surface area contributed by atoms with Gasteiger partial charge in [-0.3, -0.25) is 4.90 Å². The number of anilines is 2. The number of rotatable bonds is 3. The standard InChI is InChI=1S/C15H18ClN5/c16-13-10-14(19-15(17)18-13)21-8-6-20(7-9-21)11-12-4-2-1-3-5-12/h1-5,10H,6-9,11H2,(H2,17,18,19). The van der Waals surface area contributed by atoms with Gasteiger partial charge in [0.25, 0.3) is 0 Å². The molecule has 0 amide bonds. The second-order valence-electron chi connectivity index (χ2n) is 5.16. The van der Waals surface area contributed by atoms with E-state index in [2.05, 4.69) is 44.0 Å². The predicted octanol–water partition coefficient (Wildman–Crippen LogP) is 2.03. The lowest BCUT2D eigenvalue weighted by atomic mass is 10.2. The van der Waals surface area contributed by atoms with Gasteiger partial charge in [0.1, 0.15) is 11.0 Å². The van der Waals surface area contributed by atoms with Gasteiger partial charge in [0.05, 0.1) is 0 Å². The van der Waals surface area contributed by atoms with Gasteiger partial charge in [-0.25, -0.2) is 4.98 Å². The zero-order valence-electron chi connectivity index (χ0n) is 11.7. The Kier molecular flexibility index (Phi) is 4.22. The minimum absolute atomic E-state index is 0.226. The maximum atomic E-state index is 5.94. The van der Waals surface area contributed by atoms with Crippen molar-refractivity contribution in [3.8, 4) is 0 Å². The summed E-state index contributed by atoms with van der Waals surface area (Å²) in [6.07, 6.45) is 0. The molecule has 1 aromatic carbocycles. The van der Waals surface area contributed by atoms with Gasteiger partial charge >= 0.3 is 0 Å². The third-order valence-electron chi connectivity index (χ3n) is 3.64. The van der Waals surface area contributed by atoms with E-state index in [1.54, 1.807) is 6.07 Å².